The predicted octanol–water partition coefficient (Wildman–Crippen LogP) is 2.98. The van der Waals surface area contributed by atoms with Crippen molar-refractivity contribution in [2.24, 2.45) is 7.05 Å². The highest BCUT2D eigenvalue weighted by Crippen LogP contribution is 2.40. The van der Waals surface area contributed by atoms with Crippen LogP contribution in [0.25, 0.3) is 11.1 Å². The third kappa shape index (κ3) is 5.07. The lowest BCUT2D eigenvalue weighted by molar-refractivity contribution is -0.121. The summed E-state index contributed by atoms with van der Waals surface area (Å²) in [6.07, 6.45) is 1.11. The Bertz CT molecular complexity index is 1390. The Morgan fingerprint density at radius 3 is 2.69 bits per heavy atom. The Morgan fingerprint density at radius 1 is 1.20 bits per heavy atom. The van der Waals surface area contributed by atoms with Gasteiger partial charge in [-0.1, -0.05) is 12.1 Å². The highest BCUT2D eigenvalue weighted by atomic mass is 32.2. The van der Waals surface area contributed by atoms with E-state index in [1.54, 1.807) is 29.9 Å². The van der Waals surface area contributed by atoms with Crippen LogP contribution in [0.15, 0.2) is 41.3 Å². The number of carbonyl (C=O) groups is 1. The SMILES string of the molecule is COCOCc1c(CN2C(=O)COc3c(F)cc(-c4cccc(S(C)(=O)=O)c4)cc32)c(C)nn1C. The smallest absolute Gasteiger partial charge is 0.265 e. The van der Waals surface area contributed by atoms with Gasteiger partial charge in [-0.2, -0.15) is 5.10 Å². The van der Waals surface area contributed by atoms with Crippen molar-refractivity contribution >= 4 is 21.4 Å². The Morgan fingerprint density at radius 2 is 1.97 bits per heavy atom. The van der Waals surface area contributed by atoms with Crippen molar-refractivity contribution in [2.75, 3.05) is 31.7 Å². The van der Waals surface area contributed by atoms with Gasteiger partial charge in [0.15, 0.2) is 28.0 Å². The first-order valence-electron chi connectivity index (χ1n) is 10.8. The lowest BCUT2D eigenvalue weighted by Gasteiger charge is -2.30. The number of benzene rings is 2. The lowest BCUT2D eigenvalue weighted by atomic mass is 10.0. The van der Waals surface area contributed by atoms with E-state index in [1.807, 2.05) is 6.92 Å². The molecule has 0 saturated heterocycles. The molecule has 1 aliphatic rings. The number of ether oxygens (including phenoxy) is 3. The molecule has 0 saturated carbocycles. The van der Waals surface area contributed by atoms with Gasteiger partial charge in [0.2, 0.25) is 0 Å². The Hall–Kier alpha value is -3.28. The summed E-state index contributed by atoms with van der Waals surface area (Å²) in [5, 5.41) is 4.45. The molecule has 35 heavy (non-hydrogen) atoms. The average Bonchev–Trinajstić information content (AvgIpc) is 3.07. The number of hydrogen-bond acceptors (Lipinski definition) is 7. The van der Waals surface area contributed by atoms with Crippen molar-refractivity contribution < 1.29 is 31.8 Å². The molecule has 4 rings (SSSR count). The number of methoxy groups -OCH3 is 1. The molecule has 0 aliphatic carbocycles. The largest absolute Gasteiger partial charge is 0.478 e. The Kier molecular flexibility index (Phi) is 6.93. The maximum atomic E-state index is 15.1. The van der Waals surface area contributed by atoms with E-state index in [4.69, 9.17) is 14.2 Å². The second-order valence-electron chi connectivity index (χ2n) is 8.26. The van der Waals surface area contributed by atoms with Crippen LogP contribution in [0.5, 0.6) is 5.75 Å². The number of rotatable bonds is 8. The van der Waals surface area contributed by atoms with Gasteiger partial charge < -0.3 is 19.1 Å². The summed E-state index contributed by atoms with van der Waals surface area (Å²) in [4.78, 5) is 14.5. The van der Waals surface area contributed by atoms with E-state index in [0.29, 0.717) is 16.8 Å². The number of aryl methyl sites for hydroxylation is 2. The average molecular weight is 504 g/mol. The summed E-state index contributed by atoms with van der Waals surface area (Å²) in [6, 6.07) is 9.13. The number of aromatic nitrogens is 2. The van der Waals surface area contributed by atoms with E-state index in [0.717, 1.165) is 17.5 Å². The third-order valence-corrected chi connectivity index (χ3v) is 6.89. The molecule has 0 N–H and O–H groups in total. The van der Waals surface area contributed by atoms with Crippen LogP contribution in [0.3, 0.4) is 0 Å². The highest BCUT2D eigenvalue weighted by Gasteiger charge is 2.31. The number of nitrogens with zero attached hydrogens (tertiary/aromatic N) is 3. The summed E-state index contributed by atoms with van der Waals surface area (Å²) in [7, 11) is -0.145. The molecule has 0 spiro atoms. The van der Waals surface area contributed by atoms with Gasteiger partial charge in [-0.25, -0.2) is 12.8 Å². The molecular formula is C24H26FN3O6S. The zero-order chi connectivity index (χ0) is 25.3. The monoisotopic (exact) mass is 503 g/mol. The van der Waals surface area contributed by atoms with Crippen molar-refractivity contribution in [1.82, 2.24) is 9.78 Å². The van der Waals surface area contributed by atoms with Gasteiger partial charge >= 0.3 is 0 Å². The van der Waals surface area contributed by atoms with E-state index in [2.05, 4.69) is 5.10 Å². The van der Waals surface area contributed by atoms with E-state index >= 15 is 4.39 Å². The maximum Gasteiger partial charge on any atom is 0.265 e. The van der Waals surface area contributed by atoms with Gasteiger partial charge in [0, 0.05) is 26.0 Å². The van der Waals surface area contributed by atoms with Crippen molar-refractivity contribution in [1.29, 1.82) is 0 Å². The molecule has 11 heteroatoms. The highest BCUT2D eigenvalue weighted by molar-refractivity contribution is 7.90. The minimum Gasteiger partial charge on any atom is -0.478 e. The molecule has 3 aromatic rings. The number of halogens is 1. The number of carbonyl (C=O) groups excluding carboxylic acids is 1. The quantitative estimate of drug-likeness (QED) is 0.344. The zero-order valence-electron chi connectivity index (χ0n) is 19.9. The minimum absolute atomic E-state index is 0.0358. The van der Waals surface area contributed by atoms with Crippen LogP contribution in [0.2, 0.25) is 0 Å². The fourth-order valence-electron chi connectivity index (χ4n) is 4.03. The molecular weight excluding hydrogens is 477 g/mol. The Labute approximate surface area is 202 Å². The lowest BCUT2D eigenvalue weighted by Crippen LogP contribution is -2.39. The maximum absolute atomic E-state index is 15.1. The molecule has 0 bridgehead atoms. The number of sulfone groups is 1. The number of amides is 1. The van der Waals surface area contributed by atoms with Crippen LogP contribution >= 0.6 is 0 Å². The molecule has 0 fully saturated rings. The molecule has 9 nitrogen and oxygen atoms in total. The summed E-state index contributed by atoms with van der Waals surface area (Å²) in [5.41, 5.74) is 3.42. The van der Waals surface area contributed by atoms with Crippen LogP contribution in [0.4, 0.5) is 10.1 Å². The second kappa shape index (κ2) is 9.76. The van der Waals surface area contributed by atoms with Crippen molar-refractivity contribution in [3.8, 4) is 16.9 Å². The van der Waals surface area contributed by atoms with E-state index in [-0.39, 0.29) is 48.8 Å². The van der Waals surface area contributed by atoms with Gasteiger partial charge in [0.1, 0.15) is 6.79 Å². The summed E-state index contributed by atoms with van der Waals surface area (Å²) in [5.74, 6) is -1.02. The van der Waals surface area contributed by atoms with Crippen LogP contribution in [-0.4, -0.2) is 50.9 Å². The predicted molar refractivity (Wildman–Crippen MR) is 126 cm³/mol. The molecule has 1 aliphatic heterocycles. The van der Waals surface area contributed by atoms with Gasteiger partial charge in [-0.05, 0) is 42.3 Å². The molecule has 0 atom stereocenters. The summed E-state index contributed by atoms with van der Waals surface area (Å²) in [6.45, 7) is 1.98. The van der Waals surface area contributed by atoms with Crippen LogP contribution in [0, 0.1) is 12.7 Å². The molecule has 0 radical (unpaired) electrons. The van der Waals surface area contributed by atoms with Crippen LogP contribution in [-0.2, 0) is 44.3 Å². The summed E-state index contributed by atoms with van der Waals surface area (Å²) < 4.78 is 56.7. The standard InChI is InChI=1S/C24H26FN3O6S/c1-15-19(22(27(2)26-15)12-33-14-32-3)11-28-21-10-17(9-20(25)24(21)34-13-23(28)29)16-6-5-7-18(8-16)35(4,30)31/h5-10H,11-14H2,1-4H3. The van der Waals surface area contributed by atoms with Gasteiger partial charge in [-0.15, -0.1) is 0 Å². The van der Waals surface area contributed by atoms with Crippen molar-refractivity contribution in [3.63, 3.8) is 0 Å². The normalized spacial score (nSPS) is 13.6. The number of fused-ring (bicyclic) bond motifs is 1. The molecule has 2 heterocycles. The van der Waals surface area contributed by atoms with E-state index < -0.39 is 15.7 Å². The van der Waals surface area contributed by atoms with Crippen molar-refractivity contribution in [2.45, 2.75) is 25.0 Å². The molecule has 0 unspecified atom stereocenters. The molecule has 1 aromatic heterocycles. The second-order valence-corrected chi connectivity index (χ2v) is 10.3. The summed E-state index contributed by atoms with van der Waals surface area (Å²) >= 11 is 0. The minimum atomic E-state index is -3.45. The number of anilines is 1. The fraction of sp³-hybridized carbons (Fsp3) is 0.333. The van der Waals surface area contributed by atoms with E-state index in [9.17, 15) is 13.2 Å². The Balaban J connectivity index is 1.76. The first-order chi connectivity index (χ1) is 16.6. The fourth-order valence-corrected chi connectivity index (χ4v) is 4.70. The first-order valence-corrected chi connectivity index (χ1v) is 12.6. The topological polar surface area (TPSA) is 100.0 Å². The zero-order valence-corrected chi connectivity index (χ0v) is 20.7. The van der Waals surface area contributed by atoms with E-state index in [1.165, 1.54) is 30.2 Å². The third-order valence-electron chi connectivity index (χ3n) is 5.78. The van der Waals surface area contributed by atoms with Crippen molar-refractivity contribution in [3.05, 3.63) is 59.2 Å². The van der Waals surface area contributed by atoms with Crippen LogP contribution in [0.1, 0.15) is 17.0 Å². The van der Waals surface area contributed by atoms with Gasteiger partial charge in [-0.3, -0.25) is 9.48 Å². The van der Waals surface area contributed by atoms with Crippen LogP contribution < -0.4 is 9.64 Å². The van der Waals surface area contributed by atoms with Gasteiger partial charge in [0.05, 0.1) is 35.1 Å². The molecule has 2 aromatic carbocycles. The van der Waals surface area contributed by atoms with Gasteiger partial charge in [0.25, 0.3) is 5.91 Å². The number of hydrogen-bond donors (Lipinski definition) is 0. The molecule has 186 valence electrons. The first kappa shape index (κ1) is 24.8. The molecule has 1 amide bonds.